The summed E-state index contributed by atoms with van der Waals surface area (Å²) in [4.78, 5) is 6.24. The summed E-state index contributed by atoms with van der Waals surface area (Å²) in [7, 11) is 0. The van der Waals surface area contributed by atoms with Crippen molar-refractivity contribution in [3.05, 3.63) is 18.1 Å². The second-order valence-electron chi connectivity index (χ2n) is 3.76. The van der Waals surface area contributed by atoms with Gasteiger partial charge in [0.1, 0.15) is 0 Å². The topological polar surface area (TPSA) is 35.0 Å². The summed E-state index contributed by atoms with van der Waals surface area (Å²) in [6.45, 7) is 0.482. The van der Waals surface area contributed by atoms with Crippen LogP contribution in [-0.2, 0) is 0 Å². The van der Waals surface area contributed by atoms with Crippen LogP contribution in [0.25, 0.3) is 0 Å². The summed E-state index contributed by atoms with van der Waals surface area (Å²) in [6.07, 6.45) is 3.57. The Hall–Kier alpha value is -1.26. The Morgan fingerprint density at radius 1 is 1.27 bits per heavy atom. The monoisotopic (exact) mass is 214 g/mol. The smallest absolute Gasteiger partial charge is 0.314 e. The van der Waals surface area contributed by atoms with Crippen molar-refractivity contribution in [2.24, 2.45) is 5.92 Å². The number of ether oxygens (including phenoxy) is 1. The van der Waals surface area contributed by atoms with Crippen molar-refractivity contribution < 1.29 is 13.5 Å². The van der Waals surface area contributed by atoms with Crippen LogP contribution in [0.4, 0.5) is 8.78 Å². The van der Waals surface area contributed by atoms with Crippen LogP contribution in [0, 0.1) is 17.9 Å². The molecule has 1 fully saturated rings. The molecule has 0 saturated heterocycles. The first-order valence-electron chi connectivity index (χ1n) is 5.07. The third-order valence-corrected chi connectivity index (χ3v) is 2.59. The number of nitrogens with zero attached hydrogens (tertiary/aromatic N) is 2. The minimum atomic E-state index is -1.09. The molecule has 1 aliphatic carbocycles. The second-order valence-corrected chi connectivity index (χ2v) is 3.76. The predicted octanol–water partition coefficient (Wildman–Crippen LogP) is 2.32. The lowest BCUT2D eigenvalue weighted by Crippen LogP contribution is -2.10. The number of rotatable bonds is 3. The molecule has 0 amide bonds. The van der Waals surface area contributed by atoms with Crippen molar-refractivity contribution in [3.8, 4) is 5.88 Å². The SMILES string of the molecule is Fc1cc(OCC2CCCC2)nc(F)n1. The number of hydrogen-bond acceptors (Lipinski definition) is 3. The molecule has 15 heavy (non-hydrogen) atoms. The van der Waals surface area contributed by atoms with Gasteiger partial charge in [-0.05, 0) is 18.8 Å². The molecule has 82 valence electrons. The van der Waals surface area contributed by atoms with Gasteiger partial charge in [-0.25, -0.2) is 0 Å². The average Bonchev–Trinajstić information content (AvgIpc) is 2.65. The fourth-order valence-corrected chi connectivity index (χ4v) is 1.82. The maximum absolute atomic E-state index is 12.7. The molecule has 0 aromatic carbocycles. The lowest BCUT2D eigenvalue weighted by molar-refractivity contribution is 0.237. The van der Waals surface area contributed by atoms with Gasteiger partial charge in [0, 0.05) is 0 Å². The maximum atomic E-state index is 12.7. The Balaban J connectivity index is 1.92. The van der Waals surface area contributed by atoms with Gasteiger partial charge in [0.05, 0.1) is 12.7 Å². The Bertz CT molecular complexity index is 320. The van der Waals surface area contributed by atoms with E-state index in [1.54, 1.807) is 0 Å². The van der Waals surface area contributed by atoms with Gasteiger partial charge in [0.15, 0.2) is 0 Å². The molecular formula is C10H12F2N2O. The summed E-state index contributed by atoms with van der Waals surface area (Å²) in [5, 5.41) is 0. The molecule has 1 aromatic rings. The van der Waals surface area contributed by atoms with Crippen molar-refractivity contribution >= 4 is 0 Å². The van der Waals surface area contributed by atoms with Crippen LogP contribution in [0.3, 0.4) is 0 Å². The minimum absolute atomic E-state index is 0.0214. The molecule has 0 bridgehead atoms. The van der Waals surface area contributed by atoms with Gasteiger partial charge in [-0.3, -0.25) is 0 Å². The Kier molecular flexibility index (Phi) is 3.08. The van der Waals surface area contributed by atoms with Crippen LogP contribution in [0.15, 0.2) is 6.07 Å². The molecule has 0 aliphatic heterocycles. The molecule has 1 aromatic heterocycles. The van der Waals surface area contributed by atoms with E-state index >= 15 is 0 Å². The number of aromatic nitrogens is 2. The molecule has 2 rings (SSSR count). The highest BCUT2D eigenvalue weighted by Crippen LogP contribution is 2.25. The lowest BCUT2D eigenvalue weighted by atomic mass is 10.1. The fraction of sp³-hybridized carbons (Fsp3) is 0.600. The molecule has 1 heterocycles. The van der Waals surface area contributed by atoms with Crippen molar-refractivity contribution in [2.45, 2.75) is 25.7 Å². The van der Waals surface area contributed by atoms with E-state index in [-0.39, 0.29) is 5.88 Å². The molecule has 1 saturated carbocycles. The standard InChI is InChI=1S/C10H12F2N2O/c11-8-5-9(14-10(12)13-8)15-6-7-3-1-2-4-7/h5,7H,1-4,6H2. The first-order chi connectivity index (χ1) is 7.24. The summed E-state index contributed by atoms with van der Waals surface area (Å²) < 4.78 is 30.5. The van der Waals surface area contributed by atoms with E-state index in [1.807, 2.05) is 0 Å². The van der Waals surface area contributed by atoms with E-state index in [0.717, 1.165) is 18.9 Å². The molecule has 3 nitrogen and oxygen atoms in total. The molecule has 0 N–H and O–H groups in total. The van der Waals surface area contributed by atoms with E-state index in [2.05, 4.69) is 9.97 Å². The zero-order valence-corrected chi connectivity index (χ0v) is 8.25. The Morgan fingerprint density at radius 3 is 2.67 bits per heavy atom. The second kappa shape index (κ2) is 4.51. The average molecular weight is 214 g/mol. The van der Waals surface area contributed by atoms with E-state index in [9.17, 15) is 8.78 Å². The van der Waals surface area contributed by atoms with E-state index < -0.39 is 12.0 Å². The van der Waals surface area contributed by atoms with Crippen molar-refractivity contribution in [2.75, 3.05) is 6.61 Å². The van der Waals surface area contributed by atoms with Gasteiger partial charge in [0.25, 0.3) is 0 Å². The highest BCUT2D eigenvalue weighted by Gasteiger charge is 2.16. The van der Waals surface area contributed by atoms with Crippen LogP contribution in [0.1, 0.15) is 25.7 Å². The minimum Gasteiger partial charge on any atom is -0.477 e. The highest BCUT2D eigenvalue weighted by atomic mass is 19.1. The normalized spacial score (nSPS) is 16.9. The molecule has 1 aliphatic rings. The lowest BCUT2D eigenvalue weighted by Gasteiger charge is -2.09. The van der Waals surface area contributed by atoms with Gasteiger partial charge in [0.2, 0.25) is 11.8 Å². The van der Waals surface area contributed by atoms with Gasteiger partial charge in [-0.2, -0.15) is 18.7 Å². The van der Waals surface area contributed by atoms with Crippen molar-refractivity contribution in [1.82, 2.24) is 9.97 Å². The summed E-state index contributed by atoms with van der Waals surface area (Å²) in [5.74, 6) is -0.429. The third-order valence-electron chi connectivity index (χ3n) is 2.59. The predicted molar refractivity (Wildman–Crippen MR) is 49.4 cm³/mol. The first-order valence-corrected chi connectivity index (χ1v) is 5.07. The third kappa shape index (κ3) is 2.84. The maximum Gasteiger partial charge on any atom is 0.314 e. The summed E-state index contributed by atoms with van der Waals surface area (Å²) in [5.41, 5.74) is 0. The van der Waals surface area contributed by atoms with E-state index in [0.29, 0.717) is 12.5 Å². The summed E-state index contributed by atoms with van der Waals surface area (Å²) in [6, 6.07) is 0.998. The van der Waals surface area contributed by atoms with Gasteiger partial charge in [-0.15, -0.1) is 0 Å². The van der Waals surface area contributed by atoms with Crippen LogP contribution >= 0.6 is 0 Å². The molecule has 5 heteroatoms. The molecule has 0 atom stereocenters. The first kappa shape index (κ1) is 10.3. The van der Waals surface area contributed by atoms with Gasteiger partial charge < -0.3 is 4.74 Å². The van der Waals surface area contributed by atoms with Crippen molar-refractivity contribution in [1.29, 1.82) is 0 Å². The number of halogens is 2. The van der Waals surface area contributed by atoms with Gasteiger partial charge in [-0.1, -0.05) is 12.8 Å². The zero-order chi connectivity index (χ0) is 10.7. The van der Waals surface area contributed by atoms with Crippen molar-refractivity contribution in [3.63, 3.8) is 0 Å². The highest BCUT2D eigenvalue weighted by molar-refractivity contribution is 5.06. The van der Waals surface area contributed by atoms with Crippen LogP contribution in [0.5, 0.6) is 5.88 Å². The number of hydrogen-bond donors (Lipinski definition) is 0. The Labute approximate surface area is 86.5 Å². The molecule has 0 unspecified atom stereocenters. The molecular weight excluding hydrogens is 202 g/mol. The van der Waals surface area contributed by atoms with Gasteiger partial charge >= 0.3 is 6.08 Å². The van der Waals surface area contributed by atoms with E-state index in [1.165, 1.54) is 12.8 Å². The largest absolute Gasteiger partial charge is 0.477 e. The Morgan fingerprint density at radius 2 is 2.00 bits per heavy atom. The van der Waals surface area contributed by atoms with Crippen LogP contribution in [0.2, 0.25) is 0 Å². The fourth-order valence-electron chi connectivity index (χ4n) is 1.82. The van der Waals surface area contributed by atoms with Crippen LogP contribution in [-0.4, -0.2) is 16.6 Å². The zero-order valence-electron chi connectivity index (χ0n) is 8.25. The molecule has 0 radical (unpaired) electrons. The van der Waals surface area contributed by atoms with Crippen LogP contribution < -0.4 is 4.74 Å². The quantitative estimate of drug-likeness (QED) is 0.572. The molecule has 0 spiro atoms. The van der Waals surface area contributed by atoms with E-state index in [4.69, 9.17) is 4.74 Å². The summed E-state index contributed by atoms with van der Waals surface area (Å²) >= 11 is 0.